The average molecular weight is 478 g/mol. The molecule has 178 valence electrons. The van der Waals surface area contributed by atoms with E-state index in [4.69, 9.17) is 16.3 Å². The van der Waals surface area contributed by atoms with Crippen LogP contribution < -0.4 is 10.6 Å². The van der Waals surface area contributed by atoms with E-state index in [1.54, 1.807) is 11.0 Å². The number of anilines is 1. The molecule has 1 aromatic heterocycles. The van der Waals surface area contributed by atoms with Crippen LogP contribution in [-0.2, 0) is 17.7 Å². The summed E-state index contributed by atoms with van der Waals surface area (Å²) in [7, 11) is 0. The minimum Gasteiger partial charge on any atom is -0.394 e. The van der Waals surface area contributed by atoms with Gasteiger partial charge in [0.15, 0.2) is 0 Å². The predicted molar refractivity (Wildman–Crippen MR) is 123 cm³/mol. The van der Waals surface area contributed by atoms with Gasteiger partial charge in [-0.25, -0.2) is 19.2 Å². The van der Waals surface area contributed by atoms with Crippen LogP contribution >= 0.6 is 11.6 Å². The first-order valence-corrected chi connectivity index (χ1v) is 11.5. The second-order valence-electron chi connectivity index (χ2n) is 9.14. The normalized spacial score (nSPS) is 20.6. The number of rotatable bonds is 5. The summed E-state index contributed by atoms with van der Waals surface area (Å²) in [5, 5.41) is 15.9. The van der Waals surface area contributed by atoms with Crippen molar-refractivity contribution >= 4 is 23.6 Å². The van der Waals surface area contributed by atoms with Crippen molar-refractivity contribution in [2.75, 3.05) is 25.1 Å². The van der Waals surface area contributed by atoms with Gasteiger partial charge in [0.05, 0.1) is 35.5 Å². The van der Waals surface area contributed by atoms with Gasteiger partial charge in [0.1, 0.15) is 5.82 Å². The van der Waals surface area contributed by atoms with Crippen molar-refractivity contribution < 1.29 is 19.0 Å². The van der Waals surface area contributed by atoms with E-state index in [2.05, 4.69) is 34.4 Å². The van der Waals surface area contributed by atoms with E-state index in [0.717, 1.165) is 24.1 Å². The van der Waals surface area contributed by atoms with Crippen LogP contribution in [0, 0.1) is 5.82 Å². The Balaban J connectivity index is 1.41. The van der Waals surface area contributed by atoms with Crippen molar-refractivity contribution in [2.24, 2.45) is 0 Å². The smallest absolute Gasteiger partial charge is 0.318 e. The average Bonchev–Trinajstić information content (AvgIpc) is 2.78. The van der Waals surface area contributed by atoms with E-state index >= 15 is 0 Å². The van der Waals surface area contributed by atoms with E-state index in [-0.39, 0.29) is 29.3 Å². The Hall–Kier alpha value is -2.49. The number of fused-ring (bicyclic) bond motifs is 1. The van der Waals surface area contributed by atoms with Crippen molar-refractivity contribution in [3.8, 4) is 0 Å². The molecule has 4 rings (SSSR count). The topological polar surface area (TPSA) is 99.6 Å². The first-order chi connectivity index (χ1) is 15.7. The Labute approximate surface area is 197 Å². The van der Waals surface area contributed by atoms with Gasteiger partial charge in [-0.1, -0.05) is 17.7 Å². The molecule has 1 saturated heterocycles. The van der Waals surface area contributed by atoms with Crippen molar-refractivity contribution in [2.45, 2.75) is 57.3 Å². The lowest BCUT2D eigenvalue weighted by Gasteiger charge is -2.36. The van der Waals surface area contributed by atoms with E-state index in [1.165, 1.54) is 12.1 Å². The highest BCUT2D eigenvalue weighted by Gasteiger charge is 2.30. The molecule has 0 aliphatic carbocycles. The predicted octanol–water partition coefficient (Wildman–Crippen LogP) is 3.44. The van der Waals surface area contributed by atoms with E-state index in [1.807, 2.05) is 6.20 Å². The van der Waals surface area contributed by atoms with E-state index in [0.29, 0.717) is 37.6 Å². The van der Waals surface area contributed by atoms with Crippen molar-refractivity contribution in [3.63, 3.8) is 0 Å². The molecule has 2 aromatic rings. The lowest BCUT2D eigenvalue weighted by Crippen LogP contribution is -2.45. The molecule has 0 bridgehead atoms. The third-order valence-corrected chi connectivity index (χ3v) is 6.40. The minimum absolute atomic E-state index is 0.0113. The molecule has 0 spiro atoms. The van der Waals surface area contributed by atoms with Crippen LogP contribution in [0.4, 0.5) is 15.1 Å². The second-order valence-corrected chi connectivity index (χ2v) is 9.54. The first-order valence-electron chi connectivity index (χ1n) is 11.1. The van der Waals surface area contributed by atoms with Crippen LogP contribution in [0.25, 0.3) is 0 Å². The number of nitrogens with zero attached hydrogens (tertiary/aromatic N) is 3. The number of halogens is 2. The zero-order valence-corrected chi connectivity index (χ0v) is 19.5. The van der Waals surface area contributed by atoms with Gasteiger partial charge in [0.25, 0.3) is 0 Å². The molecule has 2 atom stereocenters. The highest BCUT2D eigenvalue weighted by atomic mass is 35.5. The summed E-state index contributed by atoms with van der Waals surface area (Å²) in [5.74, 6) is -0.0537. The third kappa shape index (κ3) is 5.72. The van der Waals surface area contributed by atoms with Crippen LogP contribution in [-0.4, -0.2) is 57.4 Å². The fraction of sp³-hybridized carbons (Fsp3) is 0.522. The van der Waals surface area contributed by atoms with Crippen molar-refractivity contribution in [3.05, 3.63) is 52.1 Å². The maximum Gasteiger partial charge on any atom is 0.318 e. The largest absolute Gasteiger partial charge is 0.394 e. The Morgan fingerprint density at radius 2 is 2.27 bits per heavy atom. The number of aromatic nitrogens is 2. The molecule has 1 fully saturated rings. The van der Waals surface area contributed by atoms with Gasteiger partial charge >= 0.3 is 6.03 Å². The van der Waals surface area contributed by atoms with Gasteiger partial charge in [0, 0.05) is 25.4 Å². The number of carbonyl (C=O) groups is 1. The maximum absolute atomic E-state index is 13.8. The molecule has 0 saturated carbocycles. The number of hydrogen-bond acceptors (Lipinski definition) is 6. The van der Waals surface area contributed by atoms with Crippen molar-refractivity contribution in [1.29, 1.82) is 0 Å². The number of amides is 2. The molecule has 2 aliphatic heterocycles. The van der Waals surface area contributed by atoms with Crippen LogP contribution in [0.2, 0.25) is 5.02 Å². The van der Waals surface area contributed by atoms with Gasteiger partial charge in [0.2, 0.25) is 5.95 Å². The Kier molecular flexibility index (Phi) is 7.02. The van der Waals surface area contributed by atoms with Crippen LogP contribution in [0.15, 0.2) is 24.4 Å². The summed E-state index contributed by atoms with van der Waals surface area (Å²) in [5.41, 5.74) is 2.06. The SMILES string of the molecule is CC1(C)CC(Nc2ncc3c(n2)CN(C(=O)NC(CO)c2ccc(Cl)c(F)c2)CC3)CCO1. The zero-order valence-electron chi connectivity index (χ0n) is 18.8. The van der Waals surface area contributed by atoms with Gasteiger partial charge < -0.3 is 25.4 Å². The number of aliphatic hydroxyl groups is 1. The summed E-state index contributed by atoms with van der Waals surface area (Å²) in [6.07, 6.45) is 4.19. The van der Waals surface area contributed by atoms with Gasteiger partial charge in [-0.15, -0.1) is 0 Å². The fourth-order valence-corrected chi connectivity index (χ4v) is 4.40. The molecule has 2 aliphatic rings. The summed E-state index contributed by atoms with van der Waals surface area (Å²) < 4.78 is 19.6. The maximum atomic E-state index is 13.8. The Morgan fingerprint density at radius 3 is 3.00 bits per heavy atom. The first kappa shape index (κ1) is 23.7. The zero-order chi connectivity index (χ0) is 23.6. The highest BCUT2D eigenvalue weighted by molar-refractivity contribution is 6.30. The Morgan fingerprint density at radius 1 is 1.45 bits per heavy atom. The molecule has 3 heterocycles. The molecule has 10 heteroatoms. The molecule has 2 unspecified atom stereocenters. The monoisotopic (exact) mass is 477 g/mol. The van der Waals surface area contributed by atoms with Gasteiger partial charge in [-0.05, 0) is 56.4 Å². The van der Waals surface area contributed by atoms with Crippen LogP contribution in [0.5, 0.6) is 0 Å². The van der Waals surface area contributed by atoms with Crippen LogP contribution in [0.3, 0.4) is 0 Å². The minimum atomic E-state index is -0.745. The molecule has 3 N–H and O–H groups in total. The van der Waals surface area contributed by atoms with Crippen molar-refractivity contribution in [1.82, 2.24) is 20.2 Å². The summed E-state index contributed by atoms with van der Waals surface area (Å²) in [6, 6.07) is 3.33. The number of urea groups is 1. The number of hydrogen-bond donors (Lipinski definition) is 3. The lowest BCUT2D eigenvalue weighted by molar-refractivity contribution is -0.0554. The second kappa shape index (κ2) is 9.79. The van der Waals surface area contributed by atoms with Gasteiger partial charge in [-0.3, -0.25) is 0 Å². The summed E-state index contributed by atoms with van der Waals surface area (Å²) in [6.45, 7) is 5.29. The number of benzene rings is 1. The Bertz CT molecular complexity index is 1020. The van der Waals surface area contributed by atoms with Crippen LogP contribution in [0.1, 0.15) is 49.6 Å². The third-order valence-electron chi connectivity index (χ3n) is 6.09. The molecule has 1 aromatic carbocycles. The fourth-order valence-electron chi connectivity index (χ4n) is 4.29. The quantitative estimate of drug-likeness (QED) is 0.610. The molecule has 0 radical (unpaired) electrons. The molecular weight excluding hydrogens is 449 g/mol. The number of carbonyl (C=O) groups excluding carboxylic acids is 1. The number of aliphatic hydroxyl groups excluding tert-OH is 1. The summed E-state index contributed by atoms with van der Waals surface area (Å²) >= 11 is 5.74. The molecule has 33 heavy (non-hydrogen) atoms. The lowest BCUT2D eigenvalue weighted by atomic mass is 9.94. The highest BCUT2D eigenvalue weighted by Crippen LogP contribution is 2.26. The number of nitrogens with one attached hydrogen (secondary N) is 2. The van der Waals surface area contributed by atoms with Gasteiger partial charge in [-0.2, -0.15) is 0 Å². The standard InChI is InChI=1S/C23H29ClFN5O3/c1-23(2)10-16(6-8-33-23)27-21-26-11-15-5-7-30(12-19(15)28-21)22(32)29-20(13-31)14-3-4-17(24)18(25)9-14/h3-4,9,11,16,20,31H,5-8,10,12-13H2,1-2H3,(H,29,32)(H,26,27,28). The molecular formula is C23H29ClFN5O3. The van der Waals surface area contributed by atoms with E-state index < -0.39 is 11.9 Å². The number of ether oxygens (including phenoxy) is 1. The van der Waals surface area contributed by atoms with E-state index in [9.17, 15) is 14.3 Å². The molecule has 2 amide bonds. The summed E-state index contributed by atoms with van der Waals surface area (Å²) in [4.78, 5) is 23.6. The molecule has 8 nitrogen and oxygen atoms in total.